The van der Waals surface area contributed by atoms with E-state index in [-0.39, 0.29) is 0 Å². The standard InChI is InChI=1S/C46H34O2/c1-30(23-26-34-27-33-25-24-32-28-43-41(29-40(32)46(33)47-34)35-17-13-14-22-42(35)48-43)44-36-18-9-11-20-38(36)45(39-21-12-10-19-37(39)44)31-15-7-5-3-2-4-6-8-16-31/h2-3,5-14,16-26,28-29H,4,15,27H2,1H3/b3-2-,7-5-,8-6-,30-23+,31-16?,34-26+. The number of hydrogen-bond donors (Lipinski definition) is 0. The van der Waals surface area contributed by atoms with Gasteiger partial charge in [-0.3, -0.25) is 0 Å². The Morgan fingerprint density at radius 3 is 2.17 bits per heavy atom. The van der Waals surface area contributed by atoms with Crippen LogP contribution in [0.5, 0.6) is 5.75 Å². The molecule has 2 nitrogen and oxygen atoms in total. The third kappa shape index (κ3) is 4.80. The molecule has 0 saturated heterocycles. The molecule has 1 aliphatic heterocycles. The number of allylic oxidation sites excluding steroid dienone is 12. The highest BCUT2D eigenvalue weighted by Crippen LogP contribution is 2.43. The number of furan rings is 1. The predicted octanol–water partition coefficient (Wildman–Crippen LogP) is 12.8. The quantitative estimate of drug-likeness (QED) is 0.184. The Balaban J connectivity index is 1.13. The van der Waals surface area contributed by atoms with Crippen LogP contribution in [0.15, 0.2) is 162 Å². The van der Waals surface area contributed by atoms with Crippen molar-refractivity contribution in [3.05, 3.63) is 174 Å². The average molecular weight is 619 g/mol. The minimum absolute atomic E-state index is 0.768. The minimum atomic E-state index is 0.768. The number of fused-ring (bicyclic) bond motifs is 8. The number of rotatable bonds is 3. The SMILES string of the molecule is C/C(=C\C=C1/Cc2ccc3cc4oc5ccccc5c4cc3c2O1)c1c2ccccc2c(C2=C/C=C\C/C=C\C=C/C2)c2ccccc12. The molecule has 1 aliphatic carbocycles. The molecule has 0 spiro atoms. The van der Waals surface area contributed by atoms with Gasteiger partial charge in [0, 0.05) is 28.1 Å². The fourth-order valence-electron chi connectivity index (χ4n) is 7.49. The van der Waals surface area contributed by atoms with E-state index in [0.717, 1.165) is 63.5 Å². The summed E-state index contributed by atoms with van der Waals surface area (Å²) >= 11 is 0. The molecule has 0 bridgehead atoms. The molecule has 230 valence electrons. The van der Waals surface area contributed by atoms with Gasteiger partial charge in [-0.1, -0.05) is 127 Å². The fourth-order valence-corrected chi connectivity index (χ4v) is 7.49. The first-order valence-electron chi connectivity index (χ1n) is 16.8. The molecule has 0 radical (unpaired) electrons. The van der Waals surface area contributed by atoms with Gasteiger partial charge < -0.3 is 9.15 Å². The Bertz CT molecular complexity index is 2560. The van der Waals surface area contributed by atoms with Gasteiger partial charge in [-0.15, -0.1) is 0 Å². The van der Waals surface area contributed by atoms with Crippen LogP contribution in [0, 0.1) is 0 Å². The molecule has 1 aromatic heterocycles. The lowest BCUT2D eigenvalue weighted by Crippen LogP contribution is -1.95. The van der Waals surface area contributed by atoms with E-state index < -0.39 is 0 Å². The van der Waals surface area contributed by atoms with Gasteiger partial charge in [0.25, 0.3) is 0 Å². The van der Waals surface area contributed by atoms with E-state index in [0.29, 0.717) is 0 Å². The van der Waals surface area contributed by atoms with Crippen molar-refractivity contribution in [2.45, 2.75) is 26.2 Å². The van der Waals surface area contributed by atoms with Crippen molar-refractivity contribution in [3.63, 3.8) is 0 Å². The van der Waals surface area contributed by atoms with E-state index >= 15 is 0 Å². The molecular formula is C46H34O2. The zero-order valence-corrected chi connectivity index (χ0v) is 26.9. The lowest BCUT2D eigenvalue weighted by molar-refractivity contribution is 0.451. The van der Waals surface area contributed by atoms with Crippen LogP contribution in [0.25, 0.3) is 65.4 Å². The van der Waals surface area contributed by atoms with Crippen LogP contribution in [0.2, 0.25) is 0 Å². The summed E-state index contributed by atoms with van der Waals surface area (Å²) in [6.45, 7) is 2.23. The van der Waals surface area contributed by atoms with Gasteiger partial charge >= 0.3 is 0 Å². The van der Waals surface area contributed by atoms with Crippen molar-refractivity contribution in [1.82, 2.24) is 0 Å². The molecule has 2 heteroatoms. The molecule has 2 heterocycles. The van der Waals surface area contributed by atoms with Crippen molar-refractivity contribution in [1.29, 1.82) is 0 Å². The van der Waals surface area contributed by atoms with Gasteiger partial charge in [0.1, 0.15) is 22.7 Å². The predicted molar refractivity (Wildman–Crippen MR) is 203 cm³/mol. The average Bonchev–Trinajstić information content (AvgIpc) is 3.72. The van der Waals surface area contributed by atoms with Crippen LogP contribution in [-0.2, 0) is 6.42 Å². The second-order valence-electron chi connectivity index (χ2n) is 12.7. The maximum absolute atomic E-state index is 6.62. The lowest BCUT2D eigenvalue weighted by atomic mass is 9.85. The first kappa shape index (κ1) is 28.4. The Morgan fingerprint density at radius 1 is 0.646 bits per heavy atom. The van der Waals surface area contributed by atoms with Gasteiger partial charge in [-0.05, 0) is 93.2 Å². The van der Waals surface area contributed by atoms with E-state index in [1.807, 2.05) is 12.1 Å². The zero-order chi connectivity index (χ0) is 32.0. The van der Waals surface area contributed by atoms with Gasteiger partial charge in [-0.2, -0.15) is 0 Å². The van der Waals surface area contributed by atoms with Crippen molar-refractivity contribution in [3.8, 4) is 5.75 Å². The third-order valence-electron chi connectivity index (χ3n) is 9.74. The van der Waals surface area contributed by atoms with E-state index in [1.165, 1.54) is 49.4 Å². The molecule has 9 rings (SSSR count). The monoisotopic (exact) mass is 618 g/mol. The van der Waals surface area contributed by atoms with Crippen LogP contribution in [0.4, 0.5) is 0 Å². The number of para-hydroxylation sites is 1. The van der Waals surface area contributed by atoms with E-state index in [1.54, 1.807) is 0 Å². The van der Waals surface area contributed by atoms with Gasteiger partial charge in [-0.25, -0.2) is 0 Å². The van der Waals surface area contributed by atoms with Crippen molar-refractivity contribution in [2.24, 2.45) is 0 Å². The lowest BCUT2D eigenvalue weighted by Gasteiger charge is -2.19. The zero-order valence-electron chi connectivity index (χ0n) is 26.9. The smallest absolute Gasteiger partial charge is 0.138 e. The molecule has 0 fully saturated rings. The van der Waals surface area contributed by atoms with Crippen molar-refractivity contribution in [2.75, 3.05) is 0 Å². The van der Waals surface area contributed by atoms with E-state index in [4.69, 9.17) is 9.15 Å². The van der Waals surface area contributed by atoms with Gasteiger partial charge in [0.15, 0.2) is 0 Å². The Labute approximate surface area is 279 Å². The molecule has 0 amide bonds. The molecular weight excluding hydrogens is 585 g/mol. The highest BCUT2D eigenvalue weighted by Gasteiger charge is 2.22. The van der Waals surface area contributed by atoms with Crippen LogP contribution in [-0.4, -0.2) is 0 Å². The maximum atomic E-state index is 6.62. The van der Waals surface area contributed by atoms with Gasteiger partial charge in [0.2, 0.25) is 0 Å². The van der Waals surface area contributed by atoms with Crippen LogP contribution in [0.1, 0.15) is 36.5 Å². The molecule has 2 aliphatic rings. The molecule has 0 N–H and O–H groups in total. The largest absolute Gasteiger partial charge is 0.460 e. The topological polar surface area (TPSA) is 22.4 Å². The Kier molecular flexibility index (Phi) is 6.94. The number of benzene rings is 6. The fraction of sp³-hybridized carbons (Fsp3) is 0.0870. The van der Waals surface area contributed by atoms with Crippen molar-refractivity contribution >= 4 is 65.4 Å². The summed E-state index contributed by atoms with van der Waals surface area (Å²) in [5, 5.41) is 9.59. The normalized spacial score (nSPS) is 18.0. The Hall–Kier alpha value is -5.86. The first-order chi connectivity index (χ1) is 23.7. The molecule has 0 saturated carbocycles. The highest BCUT2D eigenvalue weighted by molar-refractivity contribution is 6.16. The second-order valence-corrected chi connectivity index (χ2v) is 12.7. The summed E-state index contributed by atoms with van der Waals surface area (Å²) in [6, 6.07) is 34.7. The number of hydrogen-bond acceptors (Lipinski definition) is 2. The summed E-state index contributed by atoms with van der Waals surface area (Å²) in [6.07, 6.45) is 22.5. The summed E-state index contributed by atoms with van der Waals surface area (Å²) in [5.41, 5.74) is 8.15. The third-order valence-corrected chi connectivity index (χ3v) is 9.74. The van der Waals surface area contributed by atoms with E-state index in [9.17, 15) is 0 Å². The Morgan fingerprint density at radius 2 is 1.35 bits per heavy atom. The van der Waals surface area contributed by atoms with E-state index in [2.05, 4.69) is 147 Å². The molecule has 7 aromatic rings. The molecule has 0 atom stereocenters. The highest BCUT2D eigenvalue weighted by atomic mass is 16.5. The van der Waals surface area contributed by atoms with Crippen LogP contribution in [0.3, 0.4) is 0 Å². The summed E-state index contributed by atoms with van der Waals surface area (Å²) in [7, 11) is 0. The second kappa shape index (κ2) is 11.7. The summed E-state index contributed by atoms with van der Waals surface area (Å²) < 4.78 is 12.8. The van der Waals surface area contributed by atoms with Crippen molar-refractivity contribution < 1.29 is 9.15 Å². The first-order valence-corrected chi connectivity index (χ1v) is 16.8. The molecule has 0 unspecified atom stereocenters. The molecule has 6 aromatic carbocycles. The minimum Gasteiger partial charge on any atom is -0.460 e. The molecule has 48 heavy (non-hydrogen) atoms. The number of ether oxygens (including phenoxy) is 1. The van der Waals surface area contributed by atoms with Crippen LogP contribution < -0.4 is 4.74 Å². The summed E-state index contributed by atoms with van der Waals surface area (Å²) in [5.74, 6) is 1.91. The summed E-state index contributed by atoms with van der Waals surface area (Å²) in [4.78, 5) is 0. The van der Waals surface area contributed by atoms with Crippen LogP contribution >= 0.6 is 0 Å². The maximum Gasteiger partial charge on any atom is 0.138 e. The van der Waals surface area contributed by atoms with Gasteiger partial charge in [0.05, 0.1) is 0 Å².